The maximum atomic E-state index is 5.25. The van der Waals surface area contributed by atoms with Crippen molar-refractivity contribution in [3.05, 3.63) is 59.7 Å². The maximum absolute atomic E-state index is 5.25. The summed E-state index contributed by atoms with van der Waals surface area (Å²) in [5.41, 5.74) is 2.39. The number of benzene rings is 2. The minimum absolute atomic E-state index is 0. The lowest BCUT2D eigenvalue weighted by Crippen LogP contribution is -2.41. The van der Waals surface area contributed by atoms with E-state index in [0.29, 0.717) is 6.54 Å². The molecule has 6 nitrogen and oxygen atoms in total. The van der Waals surface area contributed by atoms with Crippen LogP contribution in [0.5, 0.6) is 11.5 Å². The fourth-order valence-corrected chi connectivity index (χ4v) is 2.77. The molecule has 0 bridgehead atoms. The van der Waals surface area contributed by atoms with Crippen molar-refractivity contribution >= 4 is 29.9 Å². The number of hydrogen-bond donors (Lipinski definition) is 2. The zero-order valence-electron chi connectivity index (χ0n) is 17.2. The van der Waals surface area contributed by atoms with Crippen molar-refractivity contribution < 1.29 is 9.47 Å². The van der Waals surface area contributed by atoms with E-state index >= 15 is 0 Å². The zero-order chi connectivity index (χ0) is 19.6. The summed E-state index contributed by atoms with van der Waals surface area (Å²) in [7, 11) is 9.27. The van der Waals surface area contributed by atoms with Gasteiger partial charge in [0.1, 0.15) is 11.5 Å². The number of methoxy groups -OCH3 is 2. The highest BCUT2D eigenvalue weighted by molar-refractivity contribution is 14.0. The van der Waals surface area contributed by atoms with Gasteiger partial charge in [-0.2, -0.15) is 0 Å². The normalized spacial score (nSPS) is 12.1. The number of nitrogens with zero attached hydrogens (tertiary/aromatic N) is 2. The monoisotopic (exact) mass is 498 g/mol. The average molecular weight is 498 g/mol. The summed E-state index contributed by atoms with van der Waals surface area (Å²) in [6, 6.07) is 16.4. The van der Waals surface area contributed by atoms with Crippen molar-refractivity contribution in [1.29, 1.82) is 0 Å². The first-order valence-corrected chi connectivity index (χ1v) is 8.95. The van der Waals surface area contributed by atoms with E-state index in [0.717, 1.165) is 29.6 Å². The Balaban J connectivity index is 0.00000392. The molecule has 0 saturated heterocycles. The second-order valence-corrected chi connectivity index (χ2v) is 6.41. The fraction of sp³-hybridized carbons (Fsp3) is 0.381. The number of rotatable bonds is 8. The van der Waals surface area contributed by atoms with Gasteiger partial charge in [-0.15, -0.1) is 24.0 Å². The summed E-state index contributed by atoms with van der Waals surface area (Å²) < 4.78 is 10.4. The van der Waals surface area contributed by atoms with Crippen LogP contribution in [0.15, 0.2) is 53.5 Å². The van der Waals surface area contributed by atoms with E-state index in [1.807, 2.05) is 36.4 Å². The molecule has 0 aliphatic heterocycles. The molecule has 154 valence electrons. The molecular formula is C21H31IN4O2. The van der Waals surface area contributed by atoms with Crippen molar-refractivity contribution in [2.75, 3.05) is 41.9 Å². The lowest BCUT2D eigenvalue weighted by atomic mass is 10.1. The molecule has 0 spiro atoms. The molecular weight excluding hydrogens is 467 g/mol. The third-order valence-corrected chi connectivity index (χ3v) is 4.43. The van der Waals surface area contributed by atoms with Crippen LogP contribution >= 0.6 is 24.0 Å². The molecule has 2 N–H and O–H groups in total. The van der Waals surface area contributed by atoms with Gasteiger partial charge in [-0.05, 0) is 49.5 Å². The number of hydrogen-bond acceptors (Lipinski definition) is 4. The highest BCUT2D eigenvalue weighted by Crippen LogP contribution is 2.20. The van der Waals surface area contributed by atoms with Crippen LogP contribution in [0.25, 0.3) is 0 Å². The molecule has 1 unspecified atom stereocenters. The Kier molecular flexibility index (Phi) is 10.7. The number of ether oxygens (including phenoxy) is 2. The Hall–Kier alpha value is -2.00. The van der Waals surface area contributed by atoms with E-state index in [-0.39, 0.29) is 30.0 Å². The molecule has 2 rings (SSSR count). The summed E-state index contributed by atoms with van der Waals surface area (Å²) in [5, 5.41) is 6.76. The predicted octanol–water partition coefficient (Wildman–Crippen LogP) is 3.29. The predicted molar refractivity (Wildman–Crippen MR) is 126 cm³/mol. The van der Waals surface area contributed by atoms with Gasteiger partial charge in [-0.1, -0.05) is 24.3 Å². The van der Waals surface area contributed by atoms with Crippen molar-refractivity contribution in [2.24, 2.45) is 4.99 Å². The lowest BCUT2D eigenvalue weighted by Gasteiger charge is -2.26. The van der Waals surface area contributed by atoms with Crippen molar-refractivity contribution in [2.45, 2.75) is 12.6 Å². The lowest BCUT2D eigenvalue weighted by molar-refractivity contribution is 0.298. The van der Waals surface area contributed by atoms with Crippen LogP contribution in [0.2, 0.25) is 0 Å². The fourth-order valence-electron chi connectivity index (χ4n) is 2.77. The highest BCUT2D eigenvalue weighted by Gasteiger charge is 2.14. The molecule has 0 heterocycles. The molecule has 0 aromatic heterocycles. The smallest absolute Gasteiger partial charge is 0.191 e. The van der Waals surface area contributed by atoms with Crippen molar-refractivity contribution in [3.63, 3.8) is 0 Å². The quantitative estimate of drug-likeness (QED) is 0.333. The van der Waals surface area contributed by atoms with Gasteiger partial charge in [0.25, 0.3) is 0 Å². The second-order valence-electron chi connectivity index (χ2n) is 6.41. The average Bonchev–Trinajstić information content (AvgIpc) is 2.71. The van der Waals surface area contributed by atoms with E-state index in [1.54, 1.807) is 21.3 Å². The van der Waals surface area contributed by atoms with Gasteiger partial charge in [0, 0.05) is 20.1 Å². The molecule has 2 aromatic rings. The number of halogens is 1. The maximum Gasteiger partial charge on any atom is 0.191 e. The Morgan fingerprint density at radius 2 is 1.46 bits per heavy atom. The SMILES string of the molecule is CN=C(NCc1ccc(OC)cc1)NCC(c1ccc(OC)cc1)N(C)C.I. The number of guanidine groups is 1. The number of aliphatic imine (C=N–C) groups is 1. The summed E-state index contributed by atoms with van der Waals surface area (Å²) in [6.45, 7) is 1.43. The van der Waals surface area contributed by atoms with E-state index in [2.05, 4.69) is 46.8 Å². The van der Waals surface area contributed by atoms with E-state index in [4.69, 9.17) is 9.47 Å². The minimum atomic E-state index is 0. The van der Waals surface area contributed by atoms with Crippen LogP contribution in [0.1, 0.15) is 17.2 Å². The first kappa shape index (κ1) is 24.0. The zero-order valence-corrected chi connectivity index (χ0v) is 19.6. The molecule has 0 fully saturated rings. The largest absolute Gasteiger partial charge is 0.497 e. The van der Waals surface area contributed by atoms with Crippen LogP contribution in [0.4, 0.5) is 0 Å². The molecule has 28 heavy (non-hydrogen) atoms. The Bertz CT molecular complexity index is 718. The summed E-state index contributed by atoms with van der Waals surface area (Å²) >= 11 is 0. The van der Waals surface area contributed by atoms with Crippen LogP contribution in [0, 0.1) is 0 Å². The number of nitrogens with one attached hydrogen (secondary N) is 2. The Morgan fingerprint density at radius 3 is 1.93 bits per heavy atom. The summed E-state index contributed by atoms with van der Waals surface area (Å²) in [5.74, 6) is 2.49. The standard InChI is InChI=1S/C21H30N4O2.HI/c1-22-21(23-14-16-6-10-18(26-4)11-7-16)24-15-20(25(2)3)17-8-12-19(27-5)13-9-17;/h6-13,20H,14-15H2,1-5H3,(H2,22,23,24);1H. The first-order chi connectivity index (χ1) is 13.1. The third-order valence-electron chi connectivity index (χ3n) is 4.43. The Morgan fingerprint density at radius 1 is 0.929 bits per heavy atom. The van der Waals surface area contributed by atoms with Crippen LogP contribution in [-0.2, 0) is 6.54 Å². The van der Waals surface area contributed by atoms with Crippen LogP contribution < -0.4 is 20.1 Å². The Labute approximate surface area is 185 Å². The van der Waals surface area contributed by atoms with Gasteiger partial charge in [-0.25, -0.2) is 0 Å². The summed E-state index contributed by atoms with van der Waals surface area (Å²) in [4.78, 5) is 6.51. The third kappa shape index (κ3) is 7.20. The van der Waals surface area contributed by atoms with E-state index in [9.17, 15) is 0 Å². The van der Waals surface area contributed by atoms with Gasteiger partial charge in [0.05, 0.1) is 20.3 Å². The molecule has 0 radical (unpaired) electrons. The molecule has 1 atom stereocenters. The molecule has 0 aliphatic rings. The van der Waals surface area contributed by atoms with Gasteiger partial charge in [0.2, 0.25) is 0 Å². The van der Waals surface area contributed by atoms with E-state index < -0.39 is 0 Å². The molecule has 0 amide bonds. The summed E-state index contributed by atoms with van der Waals surface area (Å²) in [6.07, 6.45) is 0. The van der Waals surface area contributed by atoms with Crippen LogP contribution in [-0.4, -0.2) is 52.8 Å². The molecule has 0 saturated carbocycles. The van der Waals surface area contributed by atoms with E-state index in [1.165, 1.54) is 5.56 Å². The highest BCUT2D eigenvalue weighted by atomic mass is 127. The van der Waals surface area contributed by atoms with Crippen molar-refractivity contribution in [1.82, 2.24) is 15.5 Å². The van der Waals surface area contributed by atoms with Gasteiger partial charge < -0.3 is 25.0 Å². The molecule has 0 aliphatic carbocycles. The van der Waals surface area contributed by atoms with Gasteiger partial charge in [0.15, 0.2) is 5.96 Å². The first-order valence-electron chi connectivity index (χ1n) is 8.95. The van der Waals surface area contributed by atoms with Crippen molar-refractivity contribution in [3.8, 4) is 11.5 Å². The molecule has 2 aromatic carbocycles. The second kappa shape index (κ2) is 12.5. The minimum Gasteiger partial charge on any atom is -0.497 e. The van der Waals surface area contributed by atoms with Gasteiger partial charge >= 0.3 is 0 Å². The van der Waals surface area contributed by atoms with Gasteiger partial charge in [-0.3, -0.25) is 4.99 Å². The topological polar surface area (TPSA) is 58.1 Å². The number of likely N-dealkylation sites (N-methyl/N-ethyl adjacent to an activating group) is 1. The molecule has 7 heteroatoms. The van der Waals surface area contributed by atoms with Crippen LogP contribution in [0.3, 0.4) is 0 Å².